The van der Waals surface area contributed by atoms with Crippen molar-refractivity contribution in [1.29, 1.82) is 0 Å². The van der Waals surface area contributed by atoms with Gasteiger partial charge in [0, 0.05) is 19.0 Å². The molecule has 0 saturated heterocycles. The Morgan fingerprint density at radius 3 is 1.86 bits per heavy atom. The van der Waals surface area contributed by atoms with Crippen LogP contribution in [0, 0.1) is 5.92 Å². The number of nitrogens with one attached hydrogen (secondary N) is 1. The smallest absolute Gasteiger partial charge is 0.100 e. The summed E-state index contributed by atoms with van der Waals surface area (Å²) >= 11 is 0. The molecule has 2 aromatic rings. The quantitative estimate of drug-likeness (QED) is 0.889. The number of aliphatic imine (C=N–C) groups is 1. The molecule has 0 aliphatic carbocycles. The van der Waals surface area contributed by atoms with E-state index in [0.717, 1.165) is 32.4 Å². The molecule has 3 rings (SSSR count). The Hall–Kier alpha value is -1.80. The summed E-state index contributed by atoms with van der Waals surface area (Å²) in [5.74, 6) is 1.63. The maximum Gasteiger partial charge on any atom is 0.100 e. The second-order valence-electron chi connectivity index (χ2n) is 5.62. The summed E-state index contributed by atoms with van der Waals surface area (Å²) in [6.45, 7) is 2.02. The van der Waals surface area contributed by atoms with Gasteiger partial charge in [-0.2, -0.15) is 0 Å². The molecule has 1 aliphatic rings. The predicted molar refractivity (Wildman–Crippen MR) is 96.0 cm³/mol. The first-order valence-electron chi connectivity index (χ1n) is 7.78. The highest BCUT2D eigenvalue weighted by Gasteiger charge is 2.18. The number of amidine groups is 1. The number of nitrogens with zero attached hydrogens (tertiary/aromatic N) is 1. The zero-order chi connectivity index (χ0) is 14.3. The highest BCUT2D eigenvalue weighted by atomic mass is 35.5. The lowest BCUT2D eigenvalue weighted by atomic mass is 9.91. The first-order chi connectivity index (χ1) is 10.4. The van der Waals surface area contributed by atoms with Gasteiger partial charge in [0.2, 0.25) is 0 Å². The van der Waals surface area contributed by atoms with Crippen molar-refractivity contribution in [2.45, 2.75) is 19.3 Å². The lowest BCUT2D eigenvalue weighted by Crippen LogP contribution is -2.37. The maximum absolute atomic E-state index is 4.73. The zero-order valence-electron chi connectivity index (χ0n) is 12.7. The van der Waals surface area contributed by atoms with Crippen LogP contribution in [-0.2, 0) is 12.8 Å². The molecule has 2 aromatic carbocycles. The number of hydrogen-bond acceptors (Lipinski definition) is 2. The fourth-order valence-corrected chi connectivity index (χ4v) is 2.89. The van der Waals surface area contributed by atoms with Gasteiger partial charge in [0.15, 0.2) is 0 Å². The molecule has 1 N–H and O–H groups in total. The van der Waals surface area contributed by atoms with Gasteiger partial charge in [-0.1, -0.05) is 60.7 Å². The van der Waals surface area contributed by atoms with Gasteiger partial charge in [-0.25, -0.2) is 0 Å². The van der Waals surface area contributed by atoms with Crippen LogP contribution in [0.5, 0.6) is 0 Å². The van der Waals surface area contributed by atoms with E-state index >= 15 is 0 Å². The number of halogens is 1. The Balaban J connectivity index is 0.00000176. The topological polar surface area (TPSA) is 24.4 Å². The van der Waals surface area contributed by atoms with Crippen molar-refractivity contribution in [3.8, 4) is 0 Å². The molecular weight excluding hydrogens is 292 g/mol. The number of rotatable bonds is 5. The molecule has 22 heavy (non-hydrogen) atoms. The van der Waals surface area contributed by atoms with E-state index in [-0.39, 0.29) is 12.4 Å². The van der Waals surface area contributed by atoms with Gasteiger partial charge in [0.05, 0.1) is 0 Å². The van der Waals surface area contributed by atoms with Crippen LogP contribution in [0.4, 0.5) is 0 Å². The fraction of sp³-hybridized carbons (Fsp3) is 0.316. The normalized spacial score (nSPS) is 14.0. The van der Waals surface area contributed by atoms with Gasteiger partial charge >= 0.3 is 0 Å². The highest BCUT2D eigenvalue weighted by molar-refractivity contribution is 5.85. The first kappa shape index (κ1) is 16.6. The molecule has 3 heteroatoms. The molecule has 0 spiro atoms. The Morgan fingerprint density at radius 2 is 1.41 bits per heavy atom. The third-order valence-electron chi connectivity index (χ3n) is 3.96. The molecular formula is C19H23ClN2. The SMILES string of the molecule is Cl.c1ccc(CC(Cc2ccccc2)C2=NCCCN2)cc1. The molecule has 0 aromatic heterocycles. The van der Waals surface area contributed by atoms with E-state index < -0.39 is 0 Å². The van der Waals surface area contributed by atoms with Gasteiger partial charge < -0.3 is 5.32 Å². The third kappa shape index (κ3) is 4.60. The number of hydrogen-bond donors (Lipinski definition) is 1. The van der Waals surface area contributed by atoms with Crippen molar-refractivity contribution in [2.24, 2.45) is 10.9 Å². The lowest BCUT2D eigenvalue weighted by Gasteiger charge is -2.24. The van der Waals surface area contributed by atoms with Gasteiger partial charge in [0.1, 0.15) is 5.84 Å². The van der Waals surface area contributed by atoms with Crippen LogP contribution in [0.25, 0.3) is 0 Å². The predicted octanol–water partition coefficient (Wildman–Crippen LogP) is 3.90. The van der Waals surface area contributed by atoms with Crippen molar-refractivity contribution >= 4 is 18.2 Å². The summed E-state index contributed by atoms with van der Waals surface area (Å²) < 4.78 is 0. The Kier molecular flexibility index (Phi) is 6.47. The van der Waals surface area contributed by atoms with Gasteiger partial charge in [-0.15, -0.1) is 12.4 Å². The molecule has 2 nitrogen and oxygen atoms in total. The van der Waals surface area contributed by atoms with Crippen LogP contribution in [0.1, 0.15) is 17.5 Å². The molecule has 0 bridgehead atoms. The molecule has 0 amide bonds. The molecule has 0 radical (unpaired) electrons. The van der Waals surface area contributed by atoms with Crippen LogP contribution in [-0.4, -0.2) is 18.9 Å². The van der Waals surface area contributed by atoms with E-state index in [9.17, 15) is 0 Å². The summed E-state index contributed by atoms with van der Waals surface area (Å²) in [7, 11) is 0. The summed E-state index contributed by atoms with van der Waals surface area (Å²) in [4.78, 5) is 4.73. The summed E-state index contributed by atoms with van der Waals surface area (Å²) in [6, 6.07) is 21.5. The van der Waals surface area contributed by atoms with Crippen LogP contribution < -0.4 is 5.32 Å². The molecule has 0 unspecified atom stereocenters. The highest BCUT2D eigenvalue weighted by Crippen LogP contribution is 2.17. The van der Waals surface area contributed by atoms with E-state index in [2.05, 4.69) is 66.0 Å². The zero-order valence-corrected chi connectivity index (χ0v) is 13.6. The van der Waals surface area contributed by atoms with Crippen LogP contribution in [0.3, 0.4) is 0 Å². The van der Waals surface area contributed by atoms with Gasteiger partial charge in [-0.05, 0) is 30.4 Å². The largest absolute Gasteiger partial charge is 0.374 e. The monoisotopic (exact) mass is 314 g/mol. The second-order valence-corrected chi connectivity index (χ2v) is 5.62. The van der Waals surface area contributed by atoms with Gasteiger partial charge in [0.25, 0.3) is 0 Å². The minimum absolute atomic E-state index is 0. The lowest BCUT2D eigenvalue weighted by molar-refractivity contribution is 0.618. The fourth-order valence-electron chi connectivity index (χ4n) is 2.89. The molecule has 0 saturated carbocycles. The minimum atomic E-state index is 0. The molecule has 1 heterocycles. The molecule has 0 fully saturated rings. The molecule has 0 atom stereocenters. The standard InChI is InChI=1S/C19H22N2.ClH/c1-3-8-16(9-4-1)14-18(19-20-12-7-13-21-19)15-17-10-5-2-6-11-17;/h1-6,8-11,18H,7,12-15H2,(H,20,21);1H. The summed E-state index contributed by atoms with van der Waals surface area (Å²) in [5.41, 5.74) is 2.77. The van der Waals surface area contributed by atoms with Crippen LogP contribution >= 0.6 is 12.4 Å². The van der Waals surface area contributed by atoms with E-state index in [0.29, 0.717) is 5.92 Å². The van der Waals surface area contributed by atoms with Gasteiger partial charge in [-0.3, -0.25) is 4.99 Å². The van der Waals surface area contributed by atoms with Crippen LogP contribution in [0.2, 0.25) is 0 Å². The maximum atomic E-state index is 4.73. The Morgan fingerprint density at radius 1 is 0.864 bits per heavy atom. The average molecular weight is 315 g/mol. The number of benzene rings is 2. The first-order valence-corrected chi connectivity index (χ1v) is 7.78. The van der Waals surface area contributed by atoms with Crippen molar-refractivity contribution in [1.82, 2.24) is 5.32 Å². The molecule has 1 aliphatic heterocycles. The minimum Gasteiger partial charge on any atom is -0.374 e. The van der Waals surface area contributed by atoms with Crippen molar-refractivity contribution in [2.75, 3.05) is 13.1 Å². The van der Waals surface area contributed by atoms with Crippen molar-refractivity contribution < 1.29 is 0 Å². The second kappa shape index (κ2) is 8.60. The third-order valence-corrected chi connectivity index (χ3v) is 3.96. The summed E-state index contributed by atoms with van der Waals surface area (Å²) in [6.07, 6.45) is 3.23. The Bertz CT molecular complexity index is 539. The van der Waals surface area contributed by atoms with E-state index in [4.69, 9.17) is 4.99 Å². The van der Waals surface area contributed by atoms with E-state index in [1.807, 2.05) is 0 Å². The molecule has 116 valence electrons. The van der Waals surface area contributed by atoms with E-state index in [1.165, 1.54) is 17.0 Å². The van der Waals surface area contributed by atoms with Crippen molar-refractivity contribution in [3.63, 3.8) is 0 Å². The van der Waals surface area contributed by atoms with Crippen molar-refractivity contribution in [3.05, 3.63) is 71.8 Å². The summed E-state index contributed by atoms with van der Waals surface area (Å²) in [5, 5.41) is 3.51. The van der Waals surface area contributed by atoms with Crippen LogP contribution in [0.15, 0.2) is 65.7 Å². The Labute approximate surface area is 139 Å². The van der Waals surface area contributed by atoms with E-state index in [1.54, 1.807) is 0 Å². The average Bonchev–Trinajstić information content (AvgIpc) is 2.57.